The molecule has 29 heavy (non-hydrogen) atoms. The van der Waals surface area contributed by atoms with Crippen molar-refractivity contribution in [1.82, 2.24) is 10.2 Å². The number of hydrogen-bond donors (Lipinski definition) is 1. The molecule has 0 aliphatic rings. The average Bonchev–Trinajstić information content (AvgIpc) is 3.12. The van der Waals surface area contributed by atoms with Gasteiger partial charge in [0.2, 0.25) is 21.1 Å². The molecular formula is C18H17BrN4O3S3. The Labute approximate surface area is 185 Å². The van der Waals surface area contributed by atoms with E-state index in [1.54, 1.807) is 24.3 Å². The average molecular weight is 513 g/mol. The van der Waals surface area contributed by atoms with Crippen LogP contribution in [0.25, 0.3) is 0 Å². The Balaban J connectivity index is 1.61. The largest absolute Gasteiger partial charge is 0.299 e. The number of carbonyl (C=O) groups excluding carboxylic acids is 1. The molecule has 0 fully saturated rings. The van der Waals surface area contributed by atoms with Crippen molar-refractivity contribution >= 4 is 65.8 Å². The van der Waals surface area contributed by atoms with Gasteiger partial charge in [0.1, 0.15) is 6.54 Å². The maximum Gasteiger partial charge on any atom is 0.246 e. The van der Waals surface area contributed by atoms with Crippen LogP contribution in [0.5, 0.6) is 0 Å². The van der Waals surface area contributed by atoms with Crippen molar-refractivity contribution in [3.8, 4) is 0 Å². The highest BCUT2D eigenvalue weighted by atomic mass is 79.9. The van der Waals surface area contributed by atoms with Crippen molar-refractivity contribution in [3.63, 3.8) is 0 Å². The van der Waals surface area contributed by atoms with Gasteiger partial charge in [0.25, 0.3) is 0 Å². The first-order valence-corrected chi connectivity index (χ1v) is 12.8. The van der Waals surface area contributed by atoms with Crippen molar-refractivity contribution in [2.24, 2.45) is 0 Å². The van der Waals surface area contributed by atoms with Crippen molar-refractivity contribution in [1.29, 1.82) is 0 Å². The molecule has 0 unspecified atom stereocenters. The van der Waals surface area contributed by atoms with Crippen LogP contribution in [0.2, 0.25) is 0 Å². The van der Waals surface area contributed by atoms with Gasteiger partial charge in [-0.25, -0.2) is 8.42 Å². The van der Waals surface area contributed by atoms with Gasteiger partial charge in [0, 0.05) is 10.2 Å². The Morgan fingerprint density at radius 1 is 1.14 bits per heavy atom. The quantitative estimate of drug-likeness (QED) is 0.362. The summed E-state index contributed by atoms with van der Waals surface area (Å²) < 4.78 is 26.8. The fraction of sp³-hybridized carbons (Fsp3) is 0.167. The highest BCUT2D eigenvalue weighted by Crippen LogP contribution is 2.28. The van der Waals surface area contributed by atoms with Gasteiger partial charge < -0.3 is 0 Å². The first-order valence-electron chi connectivity index (χ1n) is 8.34. The summed E-state index contributed by atoms with van der Waals surface area (Å²) >= 11 is 6.08. The molecule has 3 aromatic rings. The normalized spacial score (nSPS) is 11.2. The van der Waals surface area contributed by atoms with E-state index < -0.39 is 15.9 Å². The summed E-state index contributed by atoms with van der Waals surface area (Å²) in [5.74, 6) is 0.253. The predicted molar refractivity (Wildman–Crippen MR) is 121 cm³/mol. The number of benzene rings is 2. The van der Waals surface area contributed by atoms with Gasteiger partial charge >= 0.3 is 0 Å². The first-order chi connectivity index (χ1) is 13.8. The van der Waals surface area contributed by atoms with Crippen LogP contribution in [-0.4, -0.2) is 37.3 Å². The highest BCUT2D eigenvalue weighted by molar-refractivity contribution is 9.10. The third-order valence-electron chi connectivity index (χ3n) is 3.66. The highest BCUT2D eigenvalue weighted by Gasteiger charge is 2.21. The van der Waals surface area contributed by atoms with Gasteiger partial charge in [0.15, 0.2) is 4.34 Å². The Bertz CT molecular complexity index is 1070. The van der Waals surface area contributed by atoms with E-state index in [1.165, 1.54) is 23.1 Å². The lowest BCUT2D eigenvalue weighted by Crippen LogP contribution is -2.37. The van der Waals surface area contributed by atoms with Crippen LogP contribution < -0.4 is 9.62 Å². The molecule has 0 saturated carbocycles. The second-order valence-electron chi connectivity index (χ2n) is 5.94. The maximum absolute atomic E-state index is 12.4. The van der Waals surface area contributed by atoms with Crippen LogP contribution in [0.3, 0.4) is 0 Å². The second-order valence-corrected chi connectivity index (χ2v) is 11.0. The smallest absolute Gasteiger partial charge is 0.246 e. The van der Waals surface area contributed by atoms with Crippen LogP contribution in [0, 0.1) is 0 Å². The summed E-state index contributed by atoms with van der Waals surface area (Å²) in [6, 6.07) is 16.6. The predicted octanol–water partition coefficient (Wildman–Crippen LogP) is 4.00. The summed E-state index contributed by atoms with van der Waals surface area (Å²) in [6.07, 6.45) is 1.06. The fourth-order valence-electron chi connectivity index (χ4n) is 2.33. The number of aromatic nitrogens is 2. The van der Waals surface area contributed by atoms with E-state index in [9.17, 15) is 13.2 Å². The number of carbonyl (C=O) groups is 1. The Morgan fingerprint density at radius 3 is 2.48 bits per heavy atom. The number of amides is 1. The molecule has 0 radical (unpaired) electrons. The molecule has 0 saturated heterocycles. The molecule has 7 nitrogen and oxygen atoms in total. The van der Waals surface area contributed by atoms with Crippen LogP contribution in [0.4, 0.5) is 10.8 Å². The van der Waals surface area contributed by atoms with Crippen molar-refractivity contribution in [3.05, 3.63) is 64.6 Å². The van der Waals surface area contributed by atoms with E-state index in [2.05, 4.69) is 31.4 Å². The molecule has 152 valence electrons. The second kappa shape index (κ2) is 9.70. The van der Waals surface area contributed by atoms with Crippen LogP contribution in [0.1, 0.15) is 5.56 Å². The molecule has 1 N–H and O–H groups in total. The molecule has 0 atom stereocenters. The molecule has 2 aromatic carbocycles. The number of hydrogen-bond acceptors (Lipinski definition) is 7. The molecule has 0 aliphatic heterocycles. The van der Waals surface area contributed by atoms with E-state index in [-0.39, 0.29) is 6.54 Å². The Hall–Kier alpha value is -1.95. The molecule has 0 bridgehead atoms. The number of nitrogens with zero attached hydrogens (tertiary/aromatic N) is 3. The molecule has 0 aliphatic carbocycles. The minimum atomic E-state index is -3.63. The Kier molecular flexibility index (Phi) is 7.28. The van der Waals surface area contributed by atoms with Gasteiger partial charge in [0.05, 0.1) is 11.9 Å². The summed E-state index contributed by atoms with van der Waals surface area (Å²) in [6.45, 7) is -0.355. The van der Waals surface area contributed by atoms with E-state index in [1.807, 2.05) is 30.3 Å². The topological polar surface area (TPSA) is 92.3 Å². The molecule has 1 aromatic heterocycles. The monoisotopic (exact) mass is 512 g/mol. The lowest BCUT2D eigenvalue weighted by molar-refractivity contribution is -0.114. The molecule has 11 heteroatoms. The maximum atomic E-state index is 12.4. The zero-order valence-electron chi connectivity index (χ0n) is 15.3. The number of sulfonamides is 1. The van der Waals surface area contributed by atoms with Gasteiger partial charge in [-0.15, -0.1) is 10.2 Å². The zero-order valence-corrected chi connectivity index (χ0v) is 19.3. The van der Waals surface area contributed by atoms with E-state index in [0.717, 1.165) is 30.7 Å². The summed E-state index contributed by atoms with van der Waals surface area (Å²) in [4.78, 5) is 12.4. The van der Waals surface area contributed by atoms with Gasteiger partial charge in [-0.05, 0) is 29.8 Å². The fourth-order valence-corrected chi connectivity index (χ4v) is 5.18. The third kappa shape index (κ3) is 6.53. The summed E-state index contributed by atoms with van der Waals surface area (Å²) in [5, 5.41) is 11.0. The number of nitrogens with one attached hydrogen (secondary N) is 1. The molecule has 1 amide bonds. The van der Waals surface area contributed by atoms with Crippen molar-refractivity contribution in [2.75, 3.05) is 22.4 Å². The standard InChI is InChI=1S/C18H17BrN4O3S3/c1-29(25,26)23(15-9-7-14(19)8-10-15)11-16(24)20-17-21-22-18(28-17)27-12-13-5-3-2-4-6-13/h2-10H,11-12H2,1H3,(H,20,21,24). The Morgan fingerprint density at radius 2 is 1.83 bits per heavy atom. The lowest BCUT2D eigenvalue weighted by atomic mass is 10.2. The lowest BCUT2D eigenvalue weighted by Gasteiger charge is -2.21. The zero-order chi connectivity index (χ0) is 20.9. The minimum Gasteiger partial charge on any atom is -0.299 e. The summed E-state index contributed by atoms with van der Waals surface area (Å²) in [5.41, 5.74) is 1.57. The summed E-state index contributed by atoms with van der Waals surface area (Å²) in [7, 11) is -3.63. The van der Waals surface area contributed by atoms with Crippen LogP contribution in [-0.2, 0) is 20.6 Å². The number of thioether (sulfide) groups is 1. The molecule has 0 spiro atoms. The van der Waals surface area contributed by atoms with Gasteiger partial charge in [-0.2, -0.15) is 0 Å². The van der Waals surface area contributed by atoms with E-state index in [0.29, 0.717) is 10.8 Å². The minimum absolute atomic E-state index is 0.329. The van der Waals surface area contributed by atoms with Crippen molar-refractivity contribution < 1.29 is 13.2 Å². The van der Waals surface area contributed by atoms with Gasteiger partial charge in [-0.3, -0.25) is 14.4 Å². The molecule has 1 heterocycles. The SMILES string of the molecule is CS(=O)(=O)N(CC(=O)Nc1nnc(SCc2ccccc2)s1)c1ccc(Br)cc1. The van der Waals surface area contributed by atoms with Crippen LogP contribution >= 0.6 is 39.0 Å². The van der Waals surface area contributed by atoms with Crippen molar-refractivity contribution in [2.45, 2.75) is 10.1 Å². The molecular weight excluding hydrogens is 496 g/mol. The van der Waals surface area contributed by atoms with Gasteiger partial charge in [-0.1, -0.05) is 69.4 Å². The number of rotatable bonds is 8. The first kappa shape index (κ1) is 21.8. The van der Waals surface area contributed by atoms with E-state index in [4.69, 9.17) is 0 Å². The van der Waals surface area contributed by atoms with Crippen LogP contribution in [0.15, 0.2) is 63.4 Å². The van der Waals surface area contributed by atoms with E-state index >= 15 is 0 Å². The third-order valence-corrected chi connectivity index (χ3v) is 7.37. The number of anilines is 2. The number of halogens is 1. The molecule has 3 rings (SSSR count).